The highest BCUT2D eigenvalue weighted by molar-refractivity contribution is 9.10. The summed E-state index contributed by atoms with van der Waals surface area (Å²) in [5, 5.41) is 13.2. The Labute approximate surface area is 175 Å². The highest BCUT2D eigenvalue weighted by atomic mass is 79.9. The number of ether oxygens (including phenoxy) is 2. The summed E-state index contributed by atoms with van der Waals surface area (Å²) in [6.45, 7) is 0. The van der Waals surface area contributed by atoms with Crippen LogP contribution in [-0.2, 0) is 10.0 Å². The first-order valence-electron chi connectivity index (χ1n) is 8.09. The van der Waals surface area contributed by atoms with E-state index in [0.29, 0.717) is 15.9 Å². The van der Waals surface area contributed by atoms with Crippen LogP contribution >= 0.6 is 15.9 Å². The van der Waals surface area contributed by atoms with E-state index in [-0.39, 0.29) is 27.7 Å². The molecule has 0 spiro atoms. The molecule has 0 atom stereocenters. The second-order valence-corrected chi connectivity index (χ2v) is 8.23. The number of halogens is 1. The largest absolute Gasteiger partial charge is 0.493 e. The lowest BCUT2D eigenvalue weighted by Gasteiger charge is -2.16. The fourth-order valence-electron chi connectivity index (χ4n) is 2.62. The maximum atomic E-state index is 13.1. The highest BCUT2D eigenvalue weighted by Gasteiger charge is 2.23. The molecule has 0 aliphatic rings. The molecule has 0 saturated heterocycles. The number of nitrogens with one attached hydrogen (secondary N) is 1. The Balaban J connectivity index is 2.07. The Hall–Kier alpha value is -3.23. The number of hydrogen-bond acceptors (Lipinski definition) is 7. The molecular weight excluding hydrogens is 462 g/mol. The Morgan fingerprint density at radius 1 is 1.21 bits per heavy atom. The molecule has 3 aromatic rings. The lowest BCUT2D eigenvalue weighted by atomic mass is 10.2. The van der Waals surface area contributed by atoms with Crippen molar-refractivity contribution in [2.75, 3.05) is 24.7 Å². The van der Waals surface area contributed by atoms with Gasteiger partial charge in [-0.3, -0.25) is 4.72 Å². The monoisotopic (exact) mass is 477 g/mol. The summed E-state index contributed by atoms with van der Waals surface area (Å²) in [7, 11) is -1.15. The van der Waals surface area contributed by atoms with Crippen LogP contribution in [0.4, 0.5) is 11.5 Å². The number of methoxy groups -OCH3 is 2. The molecule has 0 fully saturated rings. The zero-order valence-corrected chi connectivity index (χ0v) is 17.8. The predicted molar refractivity (Wildman–Crippen MR) is 111 cm³/mol. The van der Waals surface area contributed by atoms with Crippen LogP contribution in [-0.4, -0.2) is 32.4 Å². The fourth-order valence-corrected chi connectivity index (χ4v) is 4.73. The van der Waals surface area contributed by atoms with E-state index in [9.17, 15) is 8.42 Å². The van der Waals surface area contributed by atoms with Crippen LogP contribution in [0.2, 0.25) is 0 Å². The topological polar surface area (TPSA) is 132 Å². The van der Waals surface area contributed by atoms with Crippen molar-refractivity contribution in [2.45, 2.75) is 4.90 Å². The average molecular weight is 478 g/mol. The Morgan fingerprint density at radius 3 is 2.48 bits per heavy atom. The number of sulfonamides is 1. The maximum absolute atomic E-state index is 13.1. The summed E-state index contributed by atoms with van der Waals surface area (Å²) in [6, 6.07) is 11.3. The number of para-hydroxylation sites is 2. The van der Waals surface area contributed by atoms with Gasteiger partial charge in [-0.25, -0.2) is 13.1 Å². The number of hydrogen-bond donors (Lipinski definition) is 2. The summed E-state index contributed by atoms with van der Waals surface area (Å²) in [4.78, 5) is -0.0453. The van der Waals surface area contributed by atoms with Crippen LogP contribution in [0.5, 0.6) is 11.5 Å². The third-order valence-electron chi connectivity index (χ3n) is 4.03. The zero-order valence-electron chi connectivity index (χ0n) is 15.4. The highest BCUT2D eigenvalue weighted by Crippen LogP contribution is 2.36. The average Bonchev–Trinajstić information content (AvgIpc) is 3.07. The minimum Gasteiger partial charge on any atom is -0.493 e. The summed E-state index contributed by atoms with van der Waals surface area (Å²) in [5.41, 5.74) is 6.73. The predicted octanol–water partition coefficient (Wildman–Crippen LogP) is 2.91. The standard InChI is InChI=1S/C18H16BrN5O4S/c1-27-15-7-12(19)17(8-16(15)28-2)29(25,26)23-13-5-3-4-6-14(13)24-18(21)11(9-20)10-22-24/h3-8,10,23H,21H2,1-2H3. The van der Waals surface area contributed by atoms with Gasteiger partial charge in [-0.05, 0) is 34.1 Å². The van der Waals surface area contributed by atoms with Crippen molar-refractivity contribution in [1.82, 2.24) is 9.78 Å². The fraction of sp³-hybridized carbons (Fsp3) is 0.111. The first kappa shape index (κ1) is 20.5. The maximum Gasteiger partial charge on any atom is 0.263 e. The van der Waals surface area contributed by atoms with E-state index in [2.05, 4.69) is 25.8 Å². The number of aromatic nitrogens is 2. The molecule has 2 aromatic carbocycles. The van der Waals surface area contributed by atoms with Crippen molar-refractivity contribution >= 4 is 37.5 Å². The van der Waals surface area contributed by atoms with Crippen LogP contribution in [0.3, 0.4) is 0 Å². The van der Waals surface area contributed by atoms with E-state index < -0.39 is 10.0 Å². The van der Waals surface area contributed by atoms with Crippen LogP contribution in [0.25, 0.3) is 5.69 Å². The second kappa shape index (κ2) is 8.02. The van der Waals surface area contributed by atoms with Gasteiger partial charge in [0.05, 0.1) is 31.8 Å². The third kappa shape index (κ3) is 3.85. The minimum absolute atomic E-state index is 0.0453. The van der Waals surface area contributed by atoms with Crippen LogP contribution < -0.4 is 19.9 Å². The van der Waals surface area contributed by atoms with Crippen LogP contribution in [0, 0.1) is 11.3 Å². The SMILES string of the molecule is COc1cc(Br)c(S(=O)(=O)Nc2ccccc2-n2ncc(C#N)c2N)cc1OC. The second-order valence-electron chi connectivity index (χ2n) is 5.73. The summed E-state index contributed by atoms with van der Waals surface area (Å²) >= 11 is 3.26. The number of anilines is 2. The molecule has 29 heavy (non-hydrogen) atoms. The lowest BCUT2D eigenvalue weighted by molar-refractivity contribution is 0.353. The molecule has 1 heterocycles. The van der Waals surface area contributed by atoms with Gasteiger partial charge in [0.1, 0.15) is 22.3 Å². The molecule has 1 aromatic heterocycles. The summed E-state index contributed by atoms with van der Waals surface area (Å²) in [6.07, 6.45) is 1.31. The number of nitrogens with zero attached hydrogens (tertiary/aromatic N) is 3. The molecule has 0 saturated carbocycles. The molecule has 3 N–H and O–H groups in total. The number of benzene rings is 2. The van der Waals surface area contributed by atoms with Gasteiger partial charge in [0.25, 0.3) is 10.0 Å². The molecule has 9 nitrogen and oxygen atoms in total. The third-order valence-corrected chi connectivity index (χ3v) is 6.36. The van der Waals surface area contributed by atoms with Crippen LogP contribution in [0.15, 0.2) is 52.0 Å². The van der Waals surface area contributed by atoms with Crippen LogP contribution in [0.1, 0.15) is 5.56 Å². The first-order chi connectivity index (χ1) is 13.8. The van der Waals surface area contributed by atoms with Gasteiger partial charge in [-0.15, -0.1) is 0 Å². The van der Waals surface area contributed by atoms with Gasteiger partial charge < -0.3 is 15.2 Å². The van der Waals surface area contributed by atoms with E-state index in [4.69, 9.17) is 20.5 Å². The molecule has 0 amide bonds. The van der Waals surface area contributed by atoms with E-state index >= 15 is 0 Å². The van der Waals surface area contributed by atoms with Crippen molar-refractivity contribution < 1.29 is 17.9 Å². The van der Waals surface area contributed by atoms with E-state index in [1.54, 1.807) is 24.3 Å². The lowest BCUT2D eigenvalue weighted by Crippen LogP contribution is -2.16. The number of nitriles is 1. The van der Waals surface area contributed by atoms with Crippen molar-refractivity contribution in [3.05, 3.63) is 52.6 Å². The van der Waals surface area contributed by atoms with Crippen molar-refractivity contribution in [3.8, 4) is 23.3 Å². The molecule has 0 aliphatic heterocycles. The normalized spacial score (nSPS) is 11.0. The van der Waals surface area contributed by atoms with Gasteiger partial charge in [0.15, 0.2) is 11.5 Å². The summed E-state index contributed by atoms with van der Waals surface area (Å²) < 4.78 is 40.6. The molecule has 0 aliphatic carbocycles. The van der Waals surface area contributed by atoms with Crippen molar-refractivity contribution in [3.63, 3.8) is 0 Å². The quantitative estimate of drug-likeness (QED) is 0.557. The van der Waals surface area contributed by atoms with Gasteiger partial charge >= 0.3 is 0 Å². The van der Waals surface area contributed by atoms with Crippen molar-refractivity contribution in [1.29, 1.82) is 5.26 Å². The summed E-state index contributed by atoms with van der Waals surface area (Å²) in [5.74, 6) is 0.748. The Morgan fingerprint density at radius 2 is 1.86 bits per heavy atom. The number of nitrogens with two attached hydrogens (primary N) is 1. The smallest absolute Gasteiger partial charge is 0.263 e. The molecule has 11 heteroatoms. The Bertz CT molecular complexity index is 1220. The number of nitrogen functional groups attached to an aromatic ring is 1. The molecular formula is C18H16BrN5O4S. The van der Waals surface area contributed by atoms with Crippen molar-refractivity contribution in [2.24, 2.45) is 0 Å². The zero-order chi connectivity index (χ0) is 21.2. The molecule has 3 rings (SSSR count). The minimum atomic E-state index is -4.02. The van der Waals surface area contributed by atoms with Gasteiger partial charge in [0.2, 0.25) is 0 Å². The van der Waals surface area contributed by atoms with Gasteiger partial charge in [0, 0.05) is 10.5 Å². The molecule has 0 radical (unpaired) electrons. The van der Waals surface area contributed by atoms with Gasteiger partial charge in [-0.1, -0.05) is 12.1 Å². The molecule has 150 valence electrons. The molecule has 0 bridgehead atoms. The Kier molecular flexibility index (Phi) is 5.67. The molecule has 0 unspecified atom stereocenters. The number of rotatable bonds is 6. The van der Waals surface area contributed by atoms with Gasteiger partial charge in [-0.2, -0.15) is 10.4 Å². The van der Waals surface area contributed by atoms with E-state index in [1.165, 1.54) is 37.2 Å². The van der Waals surface area contributed by atoms with E-state index in [1.807, 2.05) is 6.07 Å². The van der Waals surface area contributed by atoms with E-state index in [0.717, 1.165) is 0 Å². The first-order valence-corrected chi connectivity index (χ1v) is 10.4.